The highest BCUT2D eigenvalue weighted by Crippen LogP contribution is 2.26. The first kappa shape index (κ1) is 24.8. The van der Waals surface area contributed by atoms with E-state index in [1.54, 1.807) is 43.5 Å². The predicted molar refractivity (Wildman–Crippen MR) is 123 cm³/mol. The van der Waals surface area contributed by atoms with Crippen LogP contribution in [0.15, 0.2) is 48.5 Å². The molecule has 1 fully saturated rings. The maximum atomic E-state index is 13.0. The summed E-state index contributed by atoms with van der Waals surface area (Å²) in [6.07, 6.45) is 2.70. The lowest BCUT2D eigenvalue weighted by Gasteiger charge is -2.31. The van der Waals surface area contributed by atoms with E-state index in [2.05, 4.69) is 4.72 Å². The molecule has 31 heavy (non-hydrogen) atoms. The molecule has 0 aliphatic carbocycles. The Hall–Kier alpha value is -2.42. The molecule has 7 nitrogen and oxygen atoms in total. The van der Waals surface area contributed by atoms with Crippen molar-refractivity contribution in [2.75, 3.05) is 37.7 Å². The number of benzene rings is 2. The molecule has 0 radical (unpaired) electrons. The van der Waals surface area contributed by atoms with Gasteiger partial charge >= 0.3 is 0 Å². The average molecular weight is 467 g/mol. The van der Waals surface area contributed by atoms with Crippen molar-refractivity contribution in [1.82, 2.24) is 4.90 Å². The molecule has 1 unspecified atom stereocenters. The normalized spacial score (nSPS) is 16.8. The van der Waals surface area contributed by atoms with Crippen LogP contribution in [0.4, 0.5) is 5.69 Å². The minimum absolute atomic E-state index is 0. The number of sulfonamides is 1. The van der Waals surface area contributed by atoms with Gasteiger partial charge in [-0.25, -0.2) is 8.42 Å². The topological polar surface area (TPSA) is 92.8 Å². The molecule has 1 N–H and O–H groups in total. The number of rotatable bonds is 8. The zero-order valence-electron chi connectivity index (χ0n) is 17.5. The number of carbonyl (C=O) groups excluding carboxylic acids is 2. The second-order valence-electron chi connectivity index (χ2n) is 7.51. The van der Waals surface area contributed by atoms with E-state index in [9.17, 15) is 18.0 Å². The number of para-hydroxylation sites is 1. The summed E-state index contributed by atoms with van der Waals surface area (Å²) in [5.41, 5.74) is 1.49. The van der Waals surface area contributed by atoms with E-state index in [1.807, 2.05) is 17.0 Å². The number of nitrogens with zero attached hydrogens (tertiary/aromatic N) is 1. The van der Waals surface area contributed by atoms with Gasteiger partial charge in [0, 0.05) is 23.7 Å². The van der Waals surface area contributed by atoms with E-state index in [-0.39, 0.29) is 36.4 Å². The number of hydrogen-bond donors (Lipinski definition) is 1. The van der Waals surface area contributed by atoms with Crippen molar-refractivity contribution in [2.24, 2.45) is 5.92 Å². The van der Waals surface area contributed by atoms with Crippen molar-refractivity contribution < 1.29 is 22.7 Å². The standard InChI is InChI=1S/C22H26N2O5S.ClH/c1-29-21-8-4-3-7-19(21)22(26)17-6-5-13-24(14-17)15-20(25)16-9-11-18(12-10-16)23-30(2,27)28;/h3-4,7-12,17,23H,5-6,13-15H2,1-2H3;1H. The van der Waals surface area contributed by atoms with Crippen LogP contribution in [-0.4, -0.2) is 57.9 Å². The Bertz CT molecular complexity index is 1020. The number of anilines is 1. The lowest BCUT2D eigenvalue weighted by molar-refractivity contribution is 0.0765. The van der Waals surface area contributed by atoms with Crippen LogP contribution >= 0.6 is 12.4 Å². The first-order valence-electron chi connectivity index (χ1n) is 9.77. The molecule has 2 aromatic rings. The summed E-state index contributed by atoms with van der Waals surface area (Å²) in [6, 6.07) is 13.6. The van der Waals surface area contributed by atoms with Gasteiger partial charge in [0.2, 0.25) is 10.0 Å². The second-order valence-corrected chi connectivity index (χ2v) is 9.26. The quantitative estimate of drug-likeness (QED) is 0.600. The first-order chi connectivity index (χ1) is 14.3. The SMILES string of the molecule is COc1ccccc1C(=O)C1CCCN(CC(=O)c2ccc(NS(C)(=O)=O)cc2)C1.Cl. The van der Waals surface area contributed by atoms with Gasteiger partial charge in [0.1, 0.15) is 5.75 Å². The van der Waals surface area contributed by atoms with Gasteiger partial charge in [-0.15, -0.1) is 12.4 Å². The highest BCUT2D eigenvalue weighted by Gasteiger charge is 2.29. The number of ketones is 2. The zero-order chi connectivity index (χ0) is 21.7. The Labute approximate surface area is 189 Å². The number of methoxy groups -OCH3 is 1. The van der Waals surface area contributed by atoms with Gasteiger partial charge in [0.15, 0.2) is 11.6 Å². The molecular weight excluding hydrogens is 440 g/mol. The first-order valence-corrected chi connectivity index (χ1v) is 11.7. The van der Waals surface area contributed by atoms with Crippen LogP contribution in [0.25, 0.3) is 0 Å². The van der Waals surface area contributed by atoms with E-state index >= 15 is 0 Å². The number of Topliss-reactive ketones (excluding diaryl/α,β-unsaturated/α-hetero) is 2. The van der Waals surface area contributed by atoms with E-state index in [0.717, 1.165) is 25.6 Å². The van der Waals surface area contributed by atoms with E-state index < -0.39 is 10.0 Å². The van der Waals surface area contributed by atoms with E-state index in [0.29, 0.717) is 29.1 Å². The number of carbonyl (C=O) groups is 2. The molecule has 0 bridgehead atoms. The van der Waals surface area contributed by atoms with Gasteiger partial charge in [0.25, 0.3) is 0 Å². The van der Waals surface area contributed by atoms with Gasteiger partial charge in [0.05, 0.1) is 25.5 Å². The van der Waals surface area contributed by atoms with Crippen LogP contribution in [0, 0.1) is 5.92 Å². The fraction of sp³-hybridized carbons (Fsp3) is 0.364. The Morgan fingerprint density at radius 1 is 1.13 bits per heavy atom. The highest BCUT2D eigenvalue weighted by atomic mass is 35.5. The number of piperidine rings is 1. The smallest absolute Gasteiger partial charge is 0.229 e. The third-order valence-electron chi connectivity index (χ3n) is 5.13. The molecule has 9 heteroatoms. The van der Waals surface area contributed by atoms with Crippen LogP contribution in [-0.2, 0) is 10.0 Å². The Kier molecular flexibility index (Phi) is 8.61. The highest BCUT2D eigenvalue weighted by molar-refractivity contribution is 7.92. The molecule has 1 heterocycles. The summed E-state index contributed by atoms with van der Waals surface area (Å²) >= 11 is 0. The summed E-state index contributed by atoms with van der Waals surface area (Å²) in [7, 11) is -1.81. The number of likely N-dealkylation sites (tertiary alicyclic amines) is 1. The summed E-state index contributed by atoms with van der Waals surface area (Å²) in [5, 5.41) is 0. The van der Waals surface area contributed by atoms with Gasteiger partial charge in [-0.05, 0) is 55.8 Å². The van der Waals surface area contributed by atoms with Crippen molar-refractivity contribution in [3.63, 3.8) is 0 Å². The number of ether oxygens (including phenoxy) is 1. The maximum absolute atomic E-state index is 13.0. The van der Waals surface area contributed by atoms with Gasteiger partial charge in [-0.2, -0.15) is 0 Å². The zero-order valence-corrected chi connectivity index (χ0v) is 19.2. The predicted octanol–water partition coefficient (Wildman–Crippen LogP) is 3.27. The number of nitrogens with one attached hydrogen (secondary N) is 1. The molecule has 168 valence electrons. The summed E-state index contributed by atoms with van der Waals surface area (Å²) in [5.74, 6) is 0.370. The van der Waals surface area contributed by atoms with Crippen molar-refractivity contribution in [2.45, 2.75) is 12.8 Å². The van der Waals surface area contributed by atoms with Crippen molar-refractivity contribution in [3.05, 3.63) is 59.7 Å². The van der Waals surface area contributed by atoms with Crippen LogP contribution in [0.2, 0.25) is 0 Å². The second kappa shape index (κ2) is 10.7. The Morgan fingerprint density at radius 2 is 1.81 bits per heavy atom. The molecule has 0 spiro atoms. The van der Waals surface area contributed by atoms with Crippen molar-refractivity contribution >= 4 is 39.7 Å². The molecule has 2 aromatic carbocycles. The molecule has 0 amide bonds. The minimum Gasteiger partial charge on any atom is -0.496 e. The summed E-state index contributed by atoms with van der Waals surface area (Å²) in [6.45, 7) is 1.50. The largest absolute Gasteiger partial charge is 0.496 e. The lowest BCUT2D eigenvalue weighted by atomic mass is 9.89. The van der Waals surface area contributed by atoms with Gasteiger partial charge in [-0.1, -0.05) is 12.1 Å². The van der Waals surface area contributed by atoms with Crippen LogP contribution in [0.3, 0.4) is 0 Å². The van der Waals surface area contributed by atoms with Crippen LogP contribution in [0.1, 0.15) is 33.6 Å². The molecule has 1 aliphatic heterocycles. The molecule has 1 aliphatic rings. The Balaban J connectivity index is 0.00000341. The summed E-state index contributed by atoms with van der Waals surface area (Å²) < 4.78 is 30.3. The van der Waals surface area contributed by atoms with E-state index in [1.165, 1.54) is 0 Å². The number of halogens is 1. The van der Waals surface area contributed by atoms with Gasteiger partial charge in [-0.3, -0.25) is 19.2 Å². The fourth-order valence-electron chi connectivity index (χ4n) is 3.71. The number of hydrogen-bond acceptors (Lipinski definition) is 6. The molecular formula is C22H27ClN2O5S. The van der Waals surface area contributed by atoms with Crippen LogP contribution in [0.5, 0.6) is 5.75 Å². The molecule has 0 saturated carbocycles. The van der Waals surface area contributed by atoms with Crippen LogP contribution < -0.4 is 9.46 Å². The molecule has 3 rings (SSSR count). The molecule has 1 saturated heterocycles. The minimum atomic E-state index is -3.36. The van der Waals surface area contributed by atoms with Gasteiger partial charge < -0.3 is 4.74 Å². The van der Waals surface area contributed by atoms with E-state index in [4.69, 9.17) is 4.74 Å². The molecule has 1 atom stereocenters. The average Bonchev–Trinajstić information content (AvgIpc) is 2.72. The Morgan fingerprint density at radius 3 is 2.45 bits per heavy atom. The summed E-state index contributed by atoms with van der Waals surface area (Å²) in [4.78, 5) is 27.7. The lowest BCUT2D eigenvalue weighted by Crippen LogP contribution is -2.41. The van der Waals surface area contributed by atoms with Crippen molar-refractivity contribution in [3.8, 4) is 5.75 Å². The third-order valence-corrected chi connectivity index (χ3v) is 5.73. The third kappa shape index (κ3) is 6.78. The maximum Gasteiger partial charge on any atom is 0.229 e. The van der Waals surface area contributed by atoms with Crippen molar-refractivity contribution in [1.29, 1.82) is 0 Å². The fourth-order valence-corrected chi connectivity index (χ4v) is 4.28. The monoisotopic (exact) mass is 466 g/mol. The molecule has 0 aromatic heterocycles.